The Morgan fingerprint density at radius 3 is 1.57 bits per heavy atom. The molecule has 0 saturated carbocycles. The minimum Gasteiger partial charge on any atom is -0.349 e. The van der Waals surface area contributed by atoms with Crippen LogP contribution in [0.4, 0.5) is 0 Å². The second-order valence-electron chi connectivity index (χ2n) is 1.41. The predicted octanol–water partition coefficient (Wildman–Crippen LogP) is -2.90. The summed E-state index contributed by atoms with van der Waals surface area (Å²) in [5.74, 6) is 0.0926. The third-order valence-corrected chi connectivity index (χ3v) is 0.630. The predicted molar refractivity (Wildman–Crippen MR) is 24.4 cm³/mol. The maximum absolute atomic E-state index is 10.1. The summed E-state index contributed by atoms with van der Waals surface area (Å²) in [4.78, 5) is 11.6. The van der Waals surface area contributed by atoms with Crippen molar-refractivity contribution in [2.45, 2.75) is 6.92 Å². The fraction of sp³-hybridized carbons (Fsp3) is 0.750. The van der Waals surface area contributed by atoms with Crippen LogP contribution in [0.3, 0.4) is 0 Å². The van der Waals surface area contributed by atoms with Crippen LogP contribution in [0, 0.1) is 0 Å². The van der Waals surface area contributed by atoms with Crippen molar-refractivity contribution in [1.82, 2.24) is 4.90 Å². The van der Waals surface area contributed by atoms with Crippen LogP contribution >= 0.6 is 0 Å². The van der Waals surface area contributed by atoms with Gasteiger partial charge in [-0.25, -0.2) is 0 Å². The zero-order chi connectivity index (χ0) is 5.15. The van der Waals surface area contributed by atoms with Crippen LogP contribution < -0.4 is 18.9 Å². The Kier molecular flexibility index (Phi) is 6.13. The molecule has 7 heavy (non-hydrogen) atoms. The van der Waals surface area contributed by atoms with Gasteiger partial charge in [-0.05, 0) is 0 Å². The average Bonchev–Trinajstić information content (AvgIpc) is 1.36. The molecule has 0 aromatic rings. The Labute approximate surface area is 56.1 Å². The van der Waals surface area contributed by atoms with Gasteiger partial charge in [0.25, 0.3) is 0 Å². The Balaban J connectivity index is 0. The molecule has 0 bridgehead atoms. The van der Waals surface area contributed by atoms with E-state index in [0.717, 1.165) is 0 Å². The van der Waals surface area contributed by atoms with E-state index in [-0.39, 0.29) is 24.8 Å². The van der Waals surface area contributed by atoms with Gasteiger partial charge in [0.05, 0.1) is 0 Å². The summed E-state index contributed by atoms with van der Waals surface area (Å²) in [7, 11) is 3.45. The Morgan fingerprint density at radius 1 is 1.43 bits per heavy atom. The van der Waals surface area contributed by atoms with Crippen molar-refractivity contribution < 1.29 is 23.7 Å². The van der Waals surface area contributed by atoms with Gasteiger partial charge in [0.2, 0.25) is 5.91 Å². The summed E-state index contributed by atoms with van der Waals surface area (Å²) in [6.45, 7) is 1.53. The molecule has 0 saturated heterocycles. The van der Waals surface area contributed by atoms with Crippen molar-refractivity contribution in [2.75, 3.05) is 14.1 Å². The molecule has 0 N–H and O–H groups in total. The standard InChI is InChI=1S/C4H9NO.Li/c1-4(6)5(2)3;/h1-3H3;/q;+1. The van der Waals surface area contributed by atoms with Gasteiger partial charge < -0.3 is 4.90 Å². The van der Waals surface area contributed by atoms with Crippen molar-refractivity contribution in [3.05, 3.63) is 0 Å². The molecule has 0 heterocycles. The fourth-order valence-electron chi connectivity index (χ4n) is 0. The van der Waals surface area contributed by atoms with E-state index in [1.807, 2.05) is 0 Å². The zero-order valence-corrected chi connectivity index (χ0v) is 5.36. The Morgan fingerprint density at radius 2 is 1.57 bits per heavy atom. The quantitative estimate of drug-likeness (QED) is 0.295. The van der Waals surface area contributed by atoms with E-state index in [9.17, 15) is 4.79 Å². The van der Waals surface area contributed by atoms with Crippen LogP contribution in [0.25, 0.3) is 0 Å². The summed E-state index contributed by atoms with van der Waals surface area (Å²) in [5, 5.41) is 0. The molecule has 0 fully saturated rings. The van der Waals surface area contributed by atoms with Gasteiger partial charge in [-0.1, -0.05) is 0 Å². The first kappa shape index (κ1) is 10.1. The number of carbonyl (C=O) groups excluding carboxylic acids is 1. The van der Waals surface area contributed by atoms with Gasteiger partial charge in [0.15, 0.2) is 0 Å². The van der Waals surface area contributed by atoms with E-state index in [1.165, 1.54) is 11.8 Å². The second kappa shape index (κ2) is 4.23. The van der Waals surface area contributed by atoms with Crippen LogP contribution in [0.1, 0.15) is 6.92 Å². The number of amides is 1. The molecule has 0 aromatic heterocycles. The monoisotopic (exact) mass is 94.1 g/mol. The molecule has 36 valence electrons. The normalized spacial score (nSPS) is 6.71. The maximum Gasteiger partial charge on any atom is 1.00 e. The van der Waals surface area contributed by atoms with Crippen molar-refractivity contribution >= 4 is 5.91 Å². The van der Waals surface area contributed by atoms with Gasteiger partial charge in [0, 0.05) is 21.0 Å². The molecule has 0 aliphatic rings. The minimum absolute atomic E-state index is 0. The molecule has 3 heteroatoms. The maximum atomic E-state index is 10.1. The van der Waals surface area contributed by atoms with Gasteiger partial charge in [-0.15, -0.1) is 0 Å². The smallest absolute Gasteiger partial charge is 0.349 e. The molecule has 0 aliphatic heterocycles. The second-order valence-corrected chi connectivity index (χ2v) is 1.41. The van der Waals surface area contributed by atoms with Crippen molar-refractivity contribution in [3.63, 3.8) is 0 Å². The van der Waals surface area contributed by atoms with Crippen molar-refractivity contribution in [2.24, 2.45) is 0 Å². The molecule has 0 unspecified atom stereocenters. The molecule has 0 rings (SSSR count). The Hall–Kier alpha value is 0.0674. The SMILES string of the molecule is CC(=O)N(C)C.[Li+]. The van der Waals surface area contributed by atoms with E-state index in [0.29, 0.717) is 0 Å². The average molecular weight is 94.1 g/mol. The van der Waals surface area contributed by atoms with E-state index in [4.69, 9.17) is 0 Å². The minimum atomic E-state index is 0. The summed E-state index contributed by atoms with van der Waals surface area (Å²) in [6.07, 6.45) is 0. The van der Waals surface area contributed by atoms with E-state index < -0.39 is 0 Å². The number of nitrogens with zero attached hydrogens (tertiary/aromatic N) is 1. The first-order chi connectivity index (χ1) is 2.64. The van der Waals surface area contributed by atoms with E-state index >= 15 is 0 Å². The number of hydrogen-bond acceptors (Lipinski definition) is 1. The largest absolute Gasteiger partial charge is 1.00 e. The molecule has 0 aliphatic carbocycles. The number of hydrogen-bond donors (Lipinski definition) is 0. The molecule has 0 aromatic carbocycles. The summed E-state index contributed by atoms with van der Waals surface area (Å²) < 4.78 is 0. The van der Waals surface area contributed by atoms with Gasteiger partial charge in [-0.3, -0.25) is 4.79 Å². The number of rotatable bonds is 0. The molecule has 0 spiro atoms. The van der Waals surface area contributed by atoms with Crippen LogP contribution in [0.5, 0.6) is 0 Å². The van der Waals surface area contributed by atoms with Crippen molar-refractivity contribution in [3.8, 4) is 0 Å². The summed E-state index contributed by atoms with van der Waals surface area (Å²) in [6, 6.07) is 0. The van der Waals surface area contributed by atoms with Crippen LogP contribution in [0.2, 0.25) is 0 Å². The van der Waals surface area contributed by atoms with Gasteiger partial charge in [0.1, 0.15) is 0 Å². The van der Waals surface area contributed by atoms with Gasteiger partial charge in [-0.2, -0.15) is 0 Å². The van der Waals surface area contributed by atoms with Crippen LogP contribution in [0.15, 0.2) is 0 Å². The Bertz CT molecular complexity index is 62.7. The third-order valence-electron chi connectivity index (χ3n) is 0.630. The van der Waals surface area contributed by atoms with E-state index in [2.05, 4.69) is 0 Å². The topological polar surface area (TPSA) is 20.3 Å². The summed E-state index contributed by atoms with van der Waals surface area (Å²) >= 11 is 0. The molecule has 1 amide bonds. The molecular formula is C4H9LiNO+. The van der Waals surface area contributed by atoms with Crippen LogP contribution in [-0.4, -0.2) is 24.9 Å². The fourth-order valence-corrected chi connectivity index (χ4v) is 0. The summed E-state index contributed by atoms with van der Waals surface area (Å²) in [5.41, 5.74) is 0. The van der Waals surface area contributed by atoms with Crippen molar-refractivity contribution in [1.29, 1.82) is 0 Å². The molecular weight excluding hydrogens is 85.0 g/mol. The zero-order valence-electron chi connectivity index (χ0n) is 5.36. The first-order valence-corrected chi connectivity index (χ1v) is 1.82. The molecule has 2 nitrogen and oxygen atoms in total. The van der Waals surface area contributed by atoms with E-state index in [1.54, 1.807) is 14.1 Å². The first-order valence-electron chi connectivity index (χ1n) is 1.82. The molecule has 0 radical (unpaired) electrons. The third kappa shape index (κ3) is 6.07. The molecule has 0 atom stereocenters. The van der Waals surface area contributed by atoms with Gasteiger partial charge >= 0.3 is 18.9 Å². The number of carbonyl (C=O) groups is 1. The van der Waals surface area contributed by atoms with Crippen LogP contribution in [-0.2, 0) is 4.79 Å².